The Bertz CT molecular complexity index is 169. The van der Waals surface area contributed by atoms with Gasteiger partial charge in [-0.05, 0) is 0 Å². The lowest BCUT2D eigenvalue weighted by Crippen LogP contribution is -2.05. The molecular formula is C2H9NO5P2. The monoisotopic (exact) mass is 189 g/mol. The Morgan fingerprint density at radius 1 is 1.70 bits per heavy atom. The molecule has 0 aromatic carbocycles. The lowest BCUT2D eigenvalue weighted by Gasteiger charge is -2.06. The fourth-order valence-electron chi connectivity index (χ4n) is 0.331. The molecule has 0 saturated heterocycles. The van der Waals surface area contributed by atoms with Gasteiger partial charge < -0.3 is 15.5 Å². The van der Waals surface area contributed by atoms with Gasteiger partial charge in [0.15, 0.2) is 0 Å². The molecule has 0 amide bonds. The summed E-state index contributed by atoms with van der Waals surface area (Å²) in [6.07, 6.45) is -0.302. The van der Waals surface area contributed by atoms with Crippen LogP contribution in [0.2, 0.25) is 0 Å². The zero-order valence-corrected chi connectivity index (χ0v) is 6.95. The Morgan fingerprint density at radius 3 is 2.50 bits per heavy atom. The highest BCUT2D eigenvalue weighted by molar-refractivity contribution is 7.59. The maximum atomic E-state index is 10.5. The minimum atomic E-state index is -3.89. The van der Waals surface area contributed by atoms with Crippen LogP contribution in [0.4, 0.5) is 0 Å². The van der Waals surface area contributed by atoms with Crippen LogP contribution in [0.5, 0.6) is 0 Å². The second-order valence-electron chi connectivity index (χ2n) is 1.51. The molecule has 2 atom stereocenters. The molecule has 0 fully saturated rings. The van der Waals surface area contributed by atoms with Gasteiger partial charge in [-0.3, -0.25) is 9.13 Å². The molecule has 0 radical (unpaired) electrons. The molecule has 0 aromatic heterocycles. The Kier molecular flexibility index (Phi) is 4.36. The van der Waals surface area contributed by atoms with E-state index in [-0.39, 0.29) is 12.7 Å². The average molecular weight is 189 g/mol. The van der Waals surface area contributed by atoms with Crippen LogP contribution in [0.1, 0.15) is 0 Å². The van der Waals surface area contributed by atoms with Crippen LogP contribution >= 0.6 is 15.9 Å². The van der Waals surface area contributed by atoms with Crippen LogP contribution in [0.15, 0.2) is 0 Å². The van der Waals surface area contributed by atoms with Gasteiger partial charge in [-0.25, -0.2) is 4.31 Å². The average Bonchev–Trinajstić information content (AvgIpc) is 1.59. The van der Waals surface area contributed by atoms with Crippen molar-refractivity contribution in [2.75, 3.05) is 12.7 Å². The Labute approximate surface area is 58.5 Å². The molecule has 0 aliphatic heterocycles. The van der Waals surface area contributed by atoms with Gasteiger partial charge in [-0.1, -0.05) is 0 Å². The number of rotatable bonds is 4. The van der Waals surface area contributed by atoms with Crippen molar-refractivity contribution in [2.24, 2.45) is 5.73 Å². The smallest absolute Gasteiger partial charge is 0.330 e. The topological polar surface area (TPSA) is 110 Å². The molecule has 10 heavy (non-hydrogen) atoms. The largest absolute Gasteiger partial charge is 0.336 e. The van der Waals surface area contributed by atoms with E-state index in [9.17, 15) is 9.13 Å². The van der Waals surface area contributed by atoms with E-state index in [2.05, 4.69) is 4.31 Å². The summed E-state index contributed by atoms with van der Waals surface area (Å²) in [4.78, 5) is 16.7. The first kappa shape index (κ1) is 10.3. The molecule has 0 bridgehead atoms. The van der Waals surface area contributed by atoms with Crippen molar-refractivity contribution in [3.05, 3.63) is 0 Å². The third kappa shape index (κ3) is 5.11. The number of hydrogen-bond acceptors (Lipinski definition) is 4. The molecule has 0 aromatic rings. The second kappa shape index (κ2) is 4.23. The highest BCUT2D eigenvalue weighted by atomic mass is 31.2. The third-order valence-electron chi connectivity index (χ3n) is 0.632. The van der Waals surface area contributed by atoms with E-state index >= 15 is 0 Å². The molecule has 0 saturated carbocycles. The minimum absolute atomic E-state index is 0.0527. The van der Waals surface area contributed by atoms with Gasteiger partial charge in [-0.2, -0.15) is 0 Å². The molecule has 0 rings (SSSR count). The highest BCUT2D eigenvalue weighted by Gasteiger charge is 2.19. The van der Waals surface area contributed by atoms with Crippen LogP contribution in [-0.2, 0) is 13.4 Å². The first-order valence-corrected chi connectivity index (χ1v) is 5.45. The van der Waals surface area contributed by atoms with E-state index in [1.165, 1.54) is 0 Å². The van der Waals surface area contributed by atoms with E-state index in [1.54, 1.807) is 0 Å². The van der Waals surface area contributed by atoms with Gasteiger partial charge in [0.2, 0.25) is 0 Å². The maximum absolute atomic E-state index is 10.5. The normalized spacial score (nSPS) is 19.9. The van der Waals surface area contributed by atoms with Crippen molar-refractivity contribution in [2.45, 2.75) is 0 Å². The molecule has 0 aliphatic carbocycles. The lowest BCUT2D eigenvalue weighted by atomic mass is 10.8. The molecule has 2 unspecified atom stereocenters. The minimum Gasteiger partial charge on any atom is -0.330 e. The van der Waals surface area contributed by atoms with Gasteiger partial charge in [0.1, 0.15) is 0 Å². The van der Waals surface area contributed by atoms with E-state index < -0.39 is 15.9 Å². The molecule has 0 aliphatic rings. The first-order chi connectivity index (χ1) is 4.48. The van der Waals surface area contributed by atoms with Crippen LogP contribution in [0.3, 0.4) is 0 Å². The second-order valence-corrected chi connectivity index (χ2v) is 4.49. The zero-order chi connectivity index (χ0) is 8.20. The fraction of sp³-hybridized carbons (Fsp3) is 1.00. The quantitative estimate of drug-likeness (QED) is 0.515. The Hall–Kier alpha value is 0.300. The number of hydrogen-bond donors (Lipinski definition) is 3. The van der Waals surface area contributed by atoms with Crippen LogP contribution in [0, 0.1) is 0 Å². The first-order valence-electron chi connectivity index (χ1n) is 2.42. The number of nitrogens with two attached hydrogens (primary N) is 1. The van der Waals surface area contributed by atoms with Crippen molar-refractivity contribution in [1.29, 1.82) is 0 Å². The van der Waals surface area contributed by atoms with E-state index in [0.29, 0.717) is 0 Å². The van der Waals surface area contributed by atoms with Gasteiger partial charge in [-0.15, -0.1) is 0 Å². The standard InChI is InChI=1S/C2H9NO5P2/c3-1-2-10(6,7)8-9(4)5/h9H,1-3H2,(H,4,5)(H,6,7). The molecule has 8 heteroatoms. The summed E-state index contributed by atoms with van der Waals surface area (Å²) < 4.78 is 24.2. The summed E-state index contributed by atoms with van der Waals surface area (Å²) in [7, 11) is -7.22. The van der Waals surface area contributed by atoms with Crippen molar-refractivity contribution < 1.29 is 23.2 Å². The Morgan fingerprint density at radius 2 is 2.20 bits per heavy atom. The molecular weight excluding hydrogens is 180 g/mol. The fourth-order valence-corrected chi connectivity index (χ4v) is 2.00. The summed E-state index contributed by atoms with van der Waals surface area (Å²) in [5.41, 5.74) is 4.91. The van der Waals surface area contributed by atoms with Crippen LogP contribution in [0.25, 0.3) is 0 Å². The summed E-state index contributed by atoms with van der Waals surface area (Å²) in [5, 5.41) is 0. The molecule has 0 spiro atoms. The van der Waals surface area contributed by atoms with Gasteiger partial charge in [0.05, 0.1) is 6.16 Å². The van der Waals surface area contributed by atoms with Crippen LogP contribution in [-0.4, -0.2) is 22.5 Å². The molecule has 62 valence electrons. The molecule has 4 N–H and O–H groups in total. The molecule has 0 heterocycles. The van der Waals surface area contributed by atoms with E-state index in [1.807, 2.05) is 0 Å². The summed E-state index contributed by atoms with van der Waals surface area (Å²) in [6, 6.07) is 0. The van der Waals surface area contributed by atoms with Crippen molar-refractivity contribution in [1.82, 2.24) is 0 Å². The SMILES string of the molecule is NCCP(=O)(O)O[PH](=O)O. The predicted molar refractivity (Wildman–Crippen MR) is 36.1 cm³/mol. The predicted octanol–water partition coefficient (Wildman–Crippen LogP) is -0.471. The van der Waals surface area contributed by atoms with Gasteiger partial charge in [0.25, 0.3) is 0 Å². The Balaban J connectivity index is 3.87. The van der Waals surface area contributed by atoms with E-state index in [4.69, 9.17) is 15.5 Å². The highest BCUT2D eigenvalue weighted by Crippen LogP contribution is 2.48. The summed E-state index contributed by atoms with van der Waals surface area (Å²) in [5.74, 6) is 0. The third-order valence-corrected chi connectivity index (χ3v) is 3.22. The maximum Gasteiger partial charge on any atom is 0.336 e. The van der Waals surface area contributed by atoms with Crippen molar-refractivity contribution >= 4 is 15.9 Å². The lowest BCUT2D eigenvalue weighted by molar-refractivity contribution is 0.350. The van der Waals surface area contributed by atoms with Crippen molar-refractivity contribution in [3.63, 3.8) is 0 Å². The van der Waals surface area contributed by atoms with E-state index in [0.717, 1.165) is 0 Å². The van der Waals surface area contributed by atoms with Crippen molar-refractivity contribution in [3.8, 4) is 0 Å². The zero-order valence-electron chi connectivity index (χ0n) is 5.06. The molecule has 6 nitrogen and oxygen atoms in total. The van der Waals surface area contributed by atoms with Gasteiger partial charge >= 0.3 is 15.9 Å². The summed E-state index contributed by atoms with van der Waals surface area (Å²) >= 11 is 0. The van der Waals surface area contributed by atoms with Crippen LogP contribution < -0.4 is 5.73 Å². The summed E-state index contributed by atoms with van der Waals surface area (Å²) in [6.45, 7) is -0.0527. The van der Waals surface area contributed by atoms with Gasteiger partial charge in [0, 0.05) is 6.54 Å².